The second kappa shape index (κ2) is 8.95. The summed E-state index contributed by atoms with van der Waals surface area (Å²) in [6.07, 6.45) is 2.63. The van der Waals surface area contributed by atoms with Crippen molar-refractivity contribution in [1.29, 1.82) is 0 Å². The number of carbonyl (C=O) groups excluding carboxylic acids is 1. The van der Waals surface area contributed by atoms with E-state index in [-0.39, 0.29) is 12.0 Å². The molecular weight excluding hydrogens is 362 g/mol. The smallest absolute Gasteiger partial charge is 0.261 e. The number of piperazine rings is 1. The van der Waals surface area contributed by atoms with Gasteiger partial charge in [-0.3, -0.25) is 4.79 Å². The number of thiophene rings is 1. The van der Waals surface area contributed by atoms with Gasteiger partial charge in [0.25, 0.3) is 5.91 Å². The zero-order valence-corrected chi connectivity index (χ0v) is 17.4. The first kappa shape index (κ1) is 20.0. The molecule has 8 heteroatoms. The van der Waals surface area contributed by atoms with E-state index in [1.54, 1.807) is 6.33 Å². The summed E-state index contributed by atoms with van der Waals surface area (Å²) in [4.78, 5) is 27.8. The fraction of sp³-hybridized carbons (Fsp3) is 0.632. The van der Waals surface area contributed by atoms with Crippen LogP contribution in [0.25, 0.3) is 10.2 Å². The first-order chi connectivity index (χ1) is 13.0. The van der Waals surface area contributed by atoms with Crippen molar-refractivity contribution in [2.75, 3.05) is 51.3 Å². The molecule has 1 aliphatic rings. The molecule has 27 heavy (non-hydrogen) atoms. The average molecular weight is 392 g/mol. The minimum absolute atomic E-state index is 0.0376. The third-order valence-corrected chi connectivity index (χ3v) is 5.97. The van der Waals surface area contributed by atoms with Gasteiger partial charge in [-0.2, -0.15) is 0 Å². The van der Waals surface area contributed by atoms with E-state index in [1.807, 2.05) is 20.8 Å². The van der Waals surface area contributed by atoms with Crippen LogP contribution in [0.3, 0.4) is 0 Å². The van der Waals surface area contributed by atoms with Gasteiger partial charge in [0, 0.05) is 39.3 Å². The summed E-state index contributed by atoms with van der Waals surface area (Å²) < 4.78 is 5.52. The molecule has 3 rings (SSSR count). The lowest BCUT2D eigenvalue weighted by atomic mass is 10.1. The minimum atomic E-state index is -0.0376. The van der Waals surface area contributed by atoms with Gasteiger partial charge in [-0.1, -0.05) is 0 Å². The highest BCUT2D eigenvalue weighted by molar-refractivity contribution is 7.20. The van der Waals surface area contributed by atoms with E-state index < -0.39 is 0 Å². The number of hydrogen-bond donors (Lipinski definition) is 1. The largest absolute Gasteiger partial charge is 0.379 e. The number of ether oxygens (including phenoxy) is 1. The first-order valence-corrected chi connectivity index (χ1v) is 10.4. The molecule has 2 aromatic heterocycles. The lowest BCUT2D eigenvalue weighted by molar-refractivity contribution is 0.0757. The second-order valence-corrected chi connectivity index (χ2v) is 8.25. The fourth-order valence-electron chi connectivity index (χ4n) is 3.20. The van der Waals surface area contributed by atoms with Gasteiger partial charge in [-0.05, 0) is 39.8 Å². The van der Waals surface area contributed by atoms with Crippen molar-refractivity contribution in [1.82, 2.24) is 20.2 Å². The van der Waals surface area contributed by atoms with E-state index in [2.05, 4.69) is 32.1 Å². The Morgan fingerprint density at radius 1 is 1.30 bits per heavy atom. The lowest BCUT2D eigenvalue weighted by Crippen LogP contribution is -2.44. The van der Waals surface area contributed by atoms with Gasteiger partial charge in [0.1, 0.15) is 17.0 Å². The molecule has 148 valence electrons. The predicted molar refractivity (Wildman–Crippen MR) is 110 cm³/mol. The Labute approximate surface area is 164 Å². The number of hydrogen-bond acceptors (Lipinski definition) is 7. The molecule has 0 atom stereocenters. The molecule has 0 bridgehead atoms. The Balaban J connectivity index is 1.73. The van der Waals surface area contributed by atoms with Crippen LogP contribution in [-0.2, 0) is 4.74 Å². The van der Waals surface area contributed by atoms with Crippen LogP contribution >= 0.6 is 11.3 Å². The lowest BCUT2D eigenvalue weighted by Gasteiger charge is -2.33. The van der Waals surface area contributed by atoms with Crippen molar-refractivity contribution in [3.05, 3.63) is 16.8 Å². The molecular formula is C19H29N5O2S. The minimum Gasteiger partial charge on any atom is -0.379 e. The SMILES string of the molecule is Cc1c(C(=O)NCCCOC(C)C)sc2ncnc(N3CCN(C)CC3)c12. The van der Waals surface area contributed by atoms with Crippen LogP contribution in [0, 0.1) is 6.92 Å². The van der Waals surface area contributed by atoms with Crippen molar-refractivity contribution in [3.8, 4) is 0 Å². The maximum Gasteiger partial charge on any atom is 0.261 e. The van der Waals surface area contributed by atoms with Crippen molar-refractivity contribution in [2.24, 2.45) is 0 Å². The van der Waals surface area contributed by atoms with E-state index in [4.69, 9.17) is 4.74 Å². The molecule has 1 amide bonds. The summed E-state index contributed by atoms with van der Waals surface area (Å²) in [5.41, 5.74) is 0.973. The first-order valence-electron chi connectivity index (χ1n) is 9.54. The van der Waals surface area contributed by atoms with E-state index in [0.717, 1.165) is 59.1 Å². The standard InChI is InChI=1S/C19H29N5O2S/c1-13(2)26-11-5-6-20-18(25)16-14(3)15-17(21-12-22-19(15)27-16)24-9-7-23(4)8-10-24/h12-13H,5-11H2,1-4H3,(H,20,25). The van der Waals surface area contributed by atoms with Gasteiger partial charge in [0.2, 0.25) is 0 Å². The maximum absolute atomic E-state index is 12.7. The van der Waals surface area contributed by atoms with Crippen molar-refractivity contribution < 1.29 is 9.53 Å². The van der Waals surface area contributed by atoms with Crippen LogP contribution in [0.1, 0.15) is 35.5 Å². The number of aryl methyl sites for hydroxylation is 1. The third-order valence-electron chi connectivity index (χ3n) is 4.77. The summed E-state index contributed by atoms with van der Waals surface area (Å²) in [6.45, 7) is 11.2. The van der Waals surface area contributed by atoms with Gasteiger partial charge in [-0.15, -0.1) is 11.3 Å². The summed E-state index contributed by atoms with van der Waals surface area (Å²) in [7, 11) is 2.14. The molecule has 1 aliphatic heterocycles. The molecule has 0 unspecified atom stereocenters. The number of aromatic nitrogens is 2. The Bertz CT molecular complexity index is 784. The highest BCUT2D eigenvalue weighted by Gasteiger charge is 2.23. The highest BCUT2D eigenvalue weighted by Crippen LogP contribution is 2.35. The van der Waals surface area contributed by atoms with Gasteiger partial charge in [0.05, 0.1) is 16.4 Å². The fourth-order valence-corrected chi connectivity index (χ4v) is 4.26. The number of likely N-dealkylation sites (N-methyl/N-ethyl adjacent to an activating group) is 1. The Hall–Kier alpha value is -1.77. The Morgan fingerprint density at radius 2 is 2.04 bits per heavy atom. The molecule has 0 saturated carbocycles. The van der Waals surface area contributed by atoms with Crippen LogP contribution in [0.15, 0.2) is 6.33 Å². The molecule has 1 saturated heterocycles. The molecule has 0 radical (unpaired) electrons. The topological polar surface area (TPSA) is 70.6 Å². The van der Waals surface area contributed by atoms with Crippen LogP contribution in [0.5, 0.6) is 0 Å². The summed E-state index contributed by atoms with van der Waals surface area (Å²) in [5.74, 6) is 0.913. The molecule has 0 spiro atoms. The van der Waals surface area contributed by atoms with E-state index in [0.29, 0.717) is 13.2 Å². The average Bonchev–Trinajstić information content (AvgIpc) is 2.99. The number of carbonyl (C=O) groups is 1. The van der Waals surface area contributed by atoms with Gasteiger partial charge < -0.3 is 19.9 Å². The van der Waals surface area contributed by atoms with Gasteiger partial charge in [-0.25, -0.2) is 9.97 Å². The molecule has 0 aliphatic carbocycles. The van der Waals surface area contributed by atoms with Crippen LogP contribution in [0.4, 0.5) is 5.82 Å². The number of nitrogens with one attached hydrogen (secondary N) is 1. The van der Waals surface area contributed by atoms with Gasteiger partial charge >= 0.3 is 0 Å². The van der Waals surface area contributed by atoms with Crippen LogP contribution in [-0.4, -0.2) is 73.3 Å². The molecule has 1 fully saturated rings. The number of rotatable bonds is 7. The summed E-state index contributed by atoms with van der Waals surface area (Å²) in [5, 5.41) is 4.02. The van der Waals surface area contributed by atoms with E-state index >= 15 is 0 Å². The predicted octanol–water partition coefficient (Wildman–Crippen LogP) is 2.30. The van der Waals surface area contributed by atoms with E-state index in [9.17, 15) is 4.79 Å². The monoisotopic (exact) mass is 391 g/mol. The number of fused-ring (bicyclic) bond motifs is 1. The van der Waals surface area contributed by atoms with Crippen molar-refractivity contribution in [2.45, 2.75) is 33.3 Å². The van der Waals surface area contributed by atoms with Gasteiger partial charge in [0.15, 0.2) is 0 Å². The van der Waals surface area contributed by atoms with Crippen LogP contribution < -0.4 is 10.2 Å². The quantitative estimate of drug-likeness (QED) is 0.731. The molecule has 3 heterocycles. The summed E-state index contributed by atoms with van der Waals surface area (Å²) in [6, 6.07) is 0. The zero-order valence-electron chi connectivity index (χ0n) is 16.6. The zero-order chi connectivity index (χ0) is 19.4. The molecule has 2 aromatic rings. The highest BCUT2D eigenvalue weighted by atomic mass is 32.1. The number of nitrogens with zero attached hydrogens (tertiary/aromatic N) is 4. The number of anilines is 1. The maximum atomic E-state index is 12.7. The van der Waals surface area contributed by atoms with Crippen molar-refractivity contribution >= 4 is 33.3 Å². The van der Waals surface area contributed by atoms with E-state index in [1.165, 1.54) is 11.3 Å². The summed E-state index contributed by atoms with van der Waals surface area (Å²) >= 11 is 1.45. The second-order valence-electron chi connectivity index (χ2n) is 7.25. The number of amides is 1. The normalized spacial score (nSPS) is 15.7. The molecule has 1 N–H and O–H groups in total. The Morgan fingerprint density at radius 3 is 2.74 bits per heavy atom. The van der Waals surface area contributed by atoms with Crippen molar-refractivity contribution in [3.63, 3.8) is 0 Å². The molecule has 0 aromatic carbocycles. The third kappa shape index (κ3) is 4.75. The van der Waals surface area contributed by atoms with Crippen LogP contribution in [0.2, 0.25) is 0 Å². The molecule has 7 nitrogen and oxygen atoms in total. The Kier molecular flexibility index (Phi) is 6.62.